The van der Waals surface area contributed by atoms with Crippen molar-refractivity contribution < 1.29 is 9.72 Å². The number of benzene rings is 1. The molecular weight excluding hydrogens is 342 g/mol. The van der Waals surface area contributed by atoms with Gasteiger partial charge in [0.05, 0.1) is 15.5 Å². The number of aromatic nitrogens is 2. The Kier molecular flexibility index (Phi) is 5.05. The van der Waals surface area contributed by atoms with E-state index in [1.807, 2.05) is 17.5 Å². The summed E-state index contributed by atoms with van der Waals surface area (Å²) in [7, 11) is 0. The molecule has 0 radical (unpaired) electrons. The summed E-state index contributed by atoms with van der Waals surface area (Å²) < 4.78 is 0. The minimum Gasteiger partial charge on any atom is -0.383 e. The maximum Gasteiger partial charge on any atom is 0.271 e. The minimum atomic E-state index is -0.446. The molecule has 8 nitrogen and oxygen atoms in total. The highest BCUT2D eigenvalue weighted by Crippen LogP contribution is 2.22. The Balaban J connectivity index is 1.46. The van der Waals surface area contributed by atoms with Gasteiger partial charge in [-0.05, 0) is 29.6 Å². The molecule has 9 heteroatoms. The van der Waals surface area contributed by atoms with Crippen molar-refractivity contribution in [2.75, 3.05) is 18.4 Å². The van der Waals surface area contributed by atoms with Crippen molar-refractivity contribution >= 4 is 28.6 Å². The van der Waals surface area contributed by atoms with Crippen molar-refractivity contribution in [1.29, 1.82) is 0 Å². The fourth-order valence-electron chi connectivity index (χ4n) is 2.17. The van der Waals surface area contributed by atoms with Crippen LogP contribution in [0.2, 0.25) is 0 Å². The molecule has 0 saturated carbocycles. The number of amides is 1. The monoisotopic (exact) mass is 357 g/mol. The molecule has 2 heterocycles. The van der Waals surface area contributed by atoms with E-state index in [2.05, 4.69) is 20.8 Å². The van der Waals surface area contributed by atoms with Crippen molar-refractivity contribution in [1.82, 2.24) is 15.5 Å². The molecule has 0 aliphatic heterocycles. The predicted octanol–water partition coefficient (Wildman–Crippen LogP) is 2.89. The number of hydrogen-bond donors (Lipinski definition) is 3. The summed E-state index contributed by atoms with van der Waals surface area (Å²) in [6.45, 7) is 0.892. The summed E-state index contributed by atoms with van der Waals surface area (Å²) in [5.74, 6) is -0.260. The van der Waals surface area contributed by atoms with E-state index in [4.69, 9.17) is 0 Å². The molecule has 3 N–H and O–H groups in total. The van der Waals surface area contributed by atoms with Crippen molar-refractivity contribution in [2.24, 2.45) is 0 Å². The van der Waals surface area contributed by atoms with E-state index >= 15 is 0 Å². The molecule has 1 aromatic carbocycles. The summed E-state index contributed by atoms with van der Waals surface area (Å²) in [5, 5.41) is 25.3. The van der Waals surface area contributed by atoms with Gasteiger partial charge in [-0.1, -0.05) is 6.07 Å². The first-order chi connectivity index (χ1) is 12.1. The predicted molar refractivity (Wildman–Crippen MR) is 95.8 cm³/mol. The third kappa shape index (κ3) is 4.21. The van der Waals surface area contributed by atoms with E-state index in [1.165, 1.54) is 12.1 Å². The lowest BCUT2D eigenvalue weighted by Crippen LogP contribution is -2.29. The van der Waals surface area contributed by atoms with E-state index in [-0.39, 0.29) is 11.6 Å². The van der Waals surface area contributed by atoms with Gasteiger partial charge in [-0.25, -0.2) is 0 Å². The van der Waals surface area contributed by atoms with Crippen LogP contribution in [0.15, 0.2) is 47.8 Å². The van der Waals surface area contributed by atoms with Crippen molar-refractivity contribution in [2.45, 2.75) is 0 Å². The van der Waals surface area contributed by atoms with Gasteiger partial charge >= 0.3 is 0 Å². The molecule has 2 aromatic heterocycles. The molecular formula is C16H15N5O3S. The first-order valence-electron chi connectivity index (χ1n) is 7.49. The fourth-order valence-corrected chi connectivity index (χ4v) is 2.86. The molecule has 128 valence electrons. The van der Waals surface area contributed by atoms with Crippen LogP contribution in [0.25, 0.3) is 10.6 Å². The topological polar surface area (TPSA) is 113 Å². The number of hydrogen-bond acceptors (Lipinski definition) is 6. The van der Waals surface area contributed by atoms with Gasteiger partial charge in [-0.15, -0.1) is 11.3 Å². The number of nitrogens with one attached hydrogen (secondary N) is 3. The quantitative estimate of drug-likeness (QED) is 0.342. The molecule has 0 atom stereocenters. The van der Waals surface area contributed by atoms with Crippen LogP contribution in [0.4, 0.5) is 11.4 Å². The number of H-pyrrole nitrogens is 1. The van der Waals surface area contributed by atoms with Crippen LogP contribution in [-0.4, -0.2) is 34.1 Å². The number of non-ortho nitro benzene ring substituents is 1. The van der Waals surface area contributed by atoms with Crippen LogP contribution >= 0.6 is 11.3 Å². The first kappa shape index (κ1) is 16.7. The van der Waals surface area contributed by atoms with Gasteiger partial charge in [0, 0.05) is 30.9 Å². The number of rotatable bonds is 7. The summed E-state index contributed by atoms with van der Waals surface area (Å²) in [5.41, 5.74) is 1.93. The number of thiophene rings is 1. The van der Waals surface area contributed by atoms with E-state index in [0.717, 1.165) is 16.3 Å². The lowest BCUT2D eigenvalue weighted by atomic mass is 10.3. The average Bonchev–Trinajstić information content (AvgIpc) is 3.29. The summed E-state index contributed by atoms with van der Waals surface area (Å²) in [6, 6.07) is 11.7. The highest BCUT2D eigenvalue weighted by Gasteiger charge is 2.11. The highest BCUT2D eigenvalue weighted by atomic mass is 32.1. The molecule has 0 fully saturated rings. The molecule has 1 amide bonds. The molecule has 3 aromatic rings. The number of nitro benzene ring substituents is 1. The van der Waals surface area contributed by atoms with Crippen molar-refractivity contribution in [3.8, 4) is 10.6 Å². The summed E-state index contributed by atoms with van der Waals surface area (Å²) >= 11 is 1.57. The Morgan fingerprint density at radius 3 is 2.72 bits per heavy atom. The van der Waals surface area contributed by atoms with Gasteiger partial charge in [-0.3, -0.25) is 20.0 Å². The van der Waals surface area contributed by atoms with Gasteiger partial charge < -0.3 is 10.6 Å². The van der Waals surface area contributed by atoms with Crippen LogP contribution in [0.5, 0.6) is 0 Å². The van der Waals surface area contributed by atoms with Crippen LogP contribution in [-0.2, 0) is 0 Å². The van der Waals surface area contributed by atoms with E-state index in [0.29, 0.717) is 18.8 Å². The van der Waals surface area contributed by atoms with E-state index < -0.39 is 4.92 Å². The second kappa shape index (κ2) is 7.58. The molecule has 0 spiro atoms. The Labute approximate surface area is 147 Å². The van der Waals surface area contributed by atoms with Crippen LogP contribution < -0.4 is 10.6 Å². The second-order valence-electron chi connectivity index (χ2n) is 5.13. The molecule has 0 unspecified atom stereocenters. The summed E-state index contributed by atoms with van der Waals surface area (Å²) in [4.78, 5) is 23.2. The Bertz CT molecular complexity index is 858. The third-order valence-electron chi connectivity index (χ3n) is 3.41. The second-order valence-corrected chi connectivity index (χ2v) is 6.08. The first-order valence-corrected chi connectivity index (χ1v) is 8.37. The van der Waals surface area contributed by atoms with Crippen molar-refractivity contribution in [3.63, 3.8) is 0 Å². The van der Waals surface area contributed by atoms with Gasteiger partial charge in [0.15, 0.2) is 5.69 Å². The fraction of sp³-hybridized carbons (Fsp3) is 0.125. The lowest BCUT2D eigenvalue weighted by molar-refractivity contribution is -0.384. The van der Waals surface area contributed by atoms with Gasteiger partial charge in [0.25, 0.3) is 11.6 Å². The zero-order valence-electron chi connectivity index (χ0n) is 13.1. The zero-order chi connectivity index (χ0) is 17.6. The number of carbonyl (C=O) groups is 1. The Morgan fingerprint density at radius 2 is 2.04 bits per heavy atom. The molecule has 25 heavy (non-hydrogen) atoms. The molecule has 0 bridgehead atoms. The maximum atomic E-state index is 12.1. The van der Waals surface area contributed by atoms with Gasteiger partial charge in [-0.2, -0.15) is 5.10 Å². The maximum absolute atomic E-state index is 12.1. The number of nitrogens with zero attached hydrogens (tertiary/aromatic N) is 2. The third-order valence-corrected chi connectivity index (χ3v) is 4.32. The number of aromatic amines is 1. The van der Waals surface area contributed by atoms with Crippen LogP contribution in [0, 0.1) is 10.1 Å². The average molecular weight is 357 g/mol. The number of carbonyl (C=O) groups excluding carboxylic acids is 1. The SMILES string of the molecule is O=C(NCCNc1ccc([N+](=O)[O-])cc1)c1cc(-c2cccs2)[nH]n1. The normalized spacial score (nSPS) is 10.4. The lowest BCUT2D eigenvalue weighted by Gasteiger charge is -2.06. The highest BCUT2D eigenvalue weighted by molar-refractivity contribution is 7.13. The molecule has 0 aliphatic rings. The molecule has 0 aliphatic carbocycles. The molecule has 0 saturated heterocycles. The Hall–Kier alpha value is -3.20. The van der Waals surface area contributed by atoms with Gasteiger partial charge in [0.2, 0.25) is 0 Å². The largest absolute Gasteiger partial charge is 0.383 e. The van der Waals surface area contributed by atoms with Crippen LogP contribution in [0.3, 0.4) is 0 Å². The van der Waals surface area contributed by atoms with Crippen LogP contribution in [0.1, 0.15) is 10.5 Å². The number of anilines is 1. The minimum absolute atomic E-state index is 0.0407. The smallest absolute Gasteiger partial charge is 0.271 e. The zero-order valence-corrected chi connectivity index (χ0v) is 13.9. The summed E-state index contributed by atoms with van der Waals surface area (Å²) in [6.07, 6.45) is 0. The molecule has 3 rings (SSSR count). The van der Waals surface area contributed by atoms with E-state index in [1.54, 1.807) is 29.5 Å². The van der Waals surface area contributed by atoms with Gasteiger partial charge in [0.1, 0.15) is 0 Å². The Morgan fingerprint density at radius 1 is 1.24 bits per heavy atom. The van der Waals surface area contributed by atoms with Crippen molar-refractivity contribution in [3.05, 3.63) is 63.7 Å². The number of nitro groups is 1. The van der Waals surface area contributed by atoms with E-state index in [9.17, 15) is 14.9 Å². The standard InChI is InChI=1S/C16H15N5O3S/c22-16(14-10-13(19-20-14)15-2-1-9-25-15)18-8-7-17-11-3-5-12(6-4-11)21(23)24/h1-6,9-10,17H,7-8H2,(H,18,22)(H,19,20).